The smallest absolute Gasteiger partial charge is 0.278 e. The molecule has 9 heteroatoms. The van der Waals surface area contributed by atoms with Gasteiger partial charge in [0.1, 0.15) is 17.6 Å². The maximum absolute atomic E-state index is 12.9. The maximum Gasteiger partial charge on any atom is 0.278 e. The van der Waals surface area contributed by atoms with Crippen LogP contribution in [0.15, 0.2) is 57.9 Å². The molecule has 2 aromatic carbocycles. The zero-order valence-corrected chi connectivity index (χ0v) is 16.8. The standard InChI is InChI=1S/C20H19F2NO5S/c1-20(21,22)12-28-15-7-4-13(5-8-15)17-11-27-18-10-14(23(2)29(3,25)26)6-9-16(18)19(17)24/h4-11H,12H2,1-3H3. The average molecular weight is 423 g/mol. The van der Waals surface area contributed by atoms with E-state index in [9.17, 15) is 22.0 Å². The lowest BCUT2D eigenvalue weighted by Crippen LogP contribution is -2.24. The number of hydrogen-bond donors (Lipinski definition) is 0. The average Bonchev–Trinajstić information content (AvgIpc) is 2.65. The number of rotatable bonds is 6. The lowest BCUT2D eigenvalue weighted by molar-refractivity contribution is -0.0229. The van der Waals surface area contributed by atoms with Gasteiger partial charge in [0.2, 0.25) is 10.0 Å². The predicted octanol–water partition coefficient (Wildman–Crippen LogP) is 3.89. The molecule has 0 aliphatic rings. The van der Waals surface area contributed by atoms with Gasteiger partial charge in [-0.25, -0.2) is 17.2 Å². The molecule has 0 saturated heterocycles. The van der Waals surface area contributed by atoms with Gasteiger partial charge < -0.3 is 9.15 Å². The molecule has 0 N–H and O–H groups in total. The number of alkyl halides is 2. The van der Waals surface area contributed by atoms with Crippen LogP contribution in [0.1, 0.15) is 6.92 Å². The van der Waals surface area contributed by atoms with Crippen molar-refractivity contribution < 1.29 is 26.4 Å². The minimum Gasteiger partial charge on any atom is -0.487 e. The summed E-state index contributed by atoms with van der Waals surface area (Å²) >= 11 is 0. The van der Waals surface area contributed by atoms with Gasteiger partial charge in [-0.05, 0) is 29.8 Å². The van der Waals surface area contributed by atoms with Crippen LogP contribution in [0.4, 0.5) is 14.5 Å². The van der Waals surface area contributed by atoms with Crippen molar-refractivity contribution >= 4 is 26.7 Å². The number of hydrogen-bond acceptors (Lipinski definition) is 5. The monoisotopic (exact) mass is 423 g/mol. The minimum atomic E-state index is -3.45. The highest BCUT2D eigenvalue weighted by atomic mass is 32.2. The van der Waals surface area contributed by atoms with Gasteiger partial charge in [-0.1, -0.05) is 12.1 Å². The molecule has 0 bridgehead atoms. The number of nitrogens with zero attached hydrogens (tertiary/aromatic N) is 1. The van der Waals surface area contributed by atoms with E-state index in [1.807, 2.05) is 0 Å². The Morgan fingerprint density at radius 3 is 2.38 bits per heavy atom. The van der Waals surface area contributed by atoms with Gasteiger partial charge in [0.15, 0.2) is 12.0 Å². The summed E-state index contributed by atoms with van der Waals surface area (Å²) in [5, 5.41) is 0.291. The van der Waals surface area contributed by atoms with E-state index in [4.69, 9.17) is 9.15 Å². The van der Waals surface area contributed by atoms with Gasteiger partial charge in [-0.15, -0.1) is 0 Å². The van der Waals surface area contributed by atoms with E-state index in [-0.39, 0.29) is 22.3 Å². The largest absolute Gasteiger partial charge is 0.487 e. The molecule has 0 amide bonds. The molecule has 0 fully saturated rings. The van der Waals surface area contributed by atoms with E-state index in [0.29, 0.717) is 16.6 Å². The van der Waals surface area contributed by atoms with E-state index >= 15 is 0 Å². The van der Waals surface area contributed by atoms with Crippen molar-refractivity contribution in [1.29, 1.82) is 0 Å². The fourth-order valence-electron chi connectivity index (χ4n) is 2.64. The first-order valence-corrected chi connectivity index (χ1v) is 10.4. The molecule has 1 heterocycles. The van der Waals surface area contributed by atoms with Crippen LogP contribution in [0.5, 0.6) is 5.75 Å². The fourth-order valence-corrected chi connectivity index (χ4v) is 3.14. The Balaban J connectivity index is 1.93. The number of ether oxygens (including phenoxy) is 1. The first-order valence-electron chi connectivity index (χ1n) is 8.56. The Kier molecular flexibility index (Phi) is 5.36. The molecule has 0 spiro atoms. The van der Waals surface area contributed by atoms with Gasteiger partial charge in [0.25, 0.3) is 5.92 Å². The van der Waals surface area contributed by atoms with Crippen LogP contribution in [0.25, 0.3) is 22.1 Å². The SMILES string of the molecule is CN(c1ccc2c(=O)c(-c3ccc(OCC(C)(F)F)cc3)coc2c1)S(C)(=O)=O. The zero-order chi connectivity index (χ0) is 21.4. The highest BCUT2D eigenvalue weighted by Crippen LogP contribution is 2.26. The number of anilines is 1. The molecular formula is C20H19F2NO5S. The summed E-state index contributed by atoms with van der Waals surface area (Å²) in [4.78, 5) is 12.8. The Hall–Kier alpha value is -2.94. The molecule has 0 aliphatic carbocycles. The van der Waals surface area contributed by atoms with Gasteiger partial charge in [0.05, 0.1) is 22.9 Å². The molecule has 6 nitrogen and oxygen atoms in total. The molecule has 0 atom stereocenters. The van der Waals surface area contributed by atoms with Crippen LogP contribution < -0.4 is 14.5 Å². The predicted molar refractivity (Wildman–Crippen MR) is 107 cm³/mol. The van der Waals surface area contributed by atoms with Gasteiger partial charge in [-0.2, -0.15) is 0 Å². The van der Waals surface area contributed by atoms with E-state index in [2.05, 4.69) is 0 Å². The van der Waals surface area contributed by atoms with Crippen molar-refractivity contribution in [3.8, 4) is 16.9 Å². The van der Waals surface area contributed by atoms with Gasteiger partial charge in [0, 0.05) is 20.0 Å². The maximum atomic E-state index is 12.9. The van der Waals surface area contributed by atoms with E-state index in [0.717, 1.165) is 17.5 Å². The molecule has 0 radical (unpaired) electrons. The molecule has 0 unspecified atom stereocenters. The number of halogens is 2. The minimum absolute atomic E-state index is 0.247. The lowest BCUT2D eigenvalue weighted by Gasteiger charge is -2.16. The molecular weight excluding hydrogens is 404 g/mol. The van der Waals surface area contributed by atoms with E-state index < -0.39 is 22.6 Å². The third-order valence-corrected chi connectivity index (χ3v) is 5.48. The summed E-state index contributed by atoms with van der Waals surface area (Å²) in [7, 11) is -2.05. The van der Waals surface area contributed by atoms with Crippen LogP contribution in [0.3, 0.4) is 0 Å². The molecule has 3 aromatic rings. The molecule has 154 valence electrons. The third-order valence-electron chi connectivity index (χ3n) is 4.28. The topological polar surface area (TPSA) is 76.8 Å². The van der Waals surface area contributed by atoms with E-state index in [1.165, 1.54) is 43.6 Å². The fraction of sp³-hybridized carbons (Fsp3) is 0.250. The van der Waals surface area contributed by atoms with Crippen LogP contribution in [-0.4, -0.2) is 34.3 Å². The summed E-state index contributed by atoms with van der Waals surface area (Å²) in [6.45, 7) is 0.0233. The van der Waals surface area contributed by atoms with Gasteiger partial charge in [-0.3, -0.25) is 9.10 Å². The number of sulfonamides is 1. The second-order valence-corrected chi connectivity index (χ2v) is 8.79. The van der Waals surface area contributed by atoms with Crippen LogP contribution in [-0.2, 0) is 10.0 Å². The Morgan fingerprint density at radius 2 is 1.79 bits per heavy atom. The van der Waals surface area contributed by atoms with Crippen molar-refractivity contribution in [2.45, 2.75) is 12.8 Å². The number of fused-ring (bicyclic) bond motifs is 1. The second-order valence-electron chi connectivity index (χ2n) is 6.77. The Bertz CT molecular complexity index is 1200. The summed E-state index contributed by atoms with van der Waals surface area (Å²) in [5.41, 5.74) is 1.14. The lowest BCUT2D eigenvalue weighted by atomic mass is 10.1. The van der Waals surface area contributed by atoms with E-state index in [1.54, 1.807) is 12.1 Å². The van der Waals surface area contributed by atoms with Crippen molar-refractivity contribution in [2.75, 3.05) is 24.2 Å². The molecule has 0 saturated carbocycles. The molecule has 0 aliphatic heterocycles. The molecule has 29 heavy (non-hydrogen) atoms. The normalized spacial score (nSPS) is 12.2. The summed E-state index contributed by atoms with van der Waals surface area (Å²) in [5.74, 6) is -2.68. The van der Waals surface area contributed by atoms with Crippen molar-refractivity contribution in [1.82, 2.24) is 0 Å². The van der Waals surface area contributed by atoms with Crippen molar-refractivity contribution in [3.05, 3.63) is 59.0 Å². The highest BCUT2D eigenvalue weighted by Gasteiger charge is 2.22. The summed E-state index contributed by atoms with van der Waals surface area (Å²) < 4.78 is 60.8. The van der Waals surface area contributed by atoms with Crippen LogP contribution >= 0.6 is 0 Å². The number of benzene rings is 2. The molecule has 1 aromatic heterocycles. The second kappa shape index (κ2) is 7.47. The van der Waals surface area contributed by atoms with Crippen molar-refractivity contribution in [3.63, 3.8) is 0 Å². The quantitative estimate of drug-likeness (QED) is 0.601. The first-order chi connectivity index (χ1) is 13.5. The van der Waals surface area contributed by atoms with Gasteiger partial charge >= 0.3 is 0 Å². The first kappa shape index (κ1) is 20.8. The zero-order valence-electron chi connectivity index (χ0n) is 16.0. The third kappa shape index (κ3) is 4.73. The summed E-state index contributed by atoms with van der Waals surface area (Å²) in [6, 6.07) is 10.6. The van der Waals surface area contributed by atoms with Crippen molar-refractivity contribution in [2.24, 2.45) is 0 Å². The van der Waals surface area contributed by atoms with Crippen LogP contribution in [0.2, 0.25) is 0 Å². The Labute approximate surface area is 166 Å². The van der Waals surface area contributed by atoms with Crippen LogP contribution in [0, 0.1) is 0 Å². The highest BCUT2D eigenvalue weighted by molar-refractivity contribution is 7.92. The molecule has 3 rings (SSSR count). The summed E-state index contributed by atoms with van der Waals surface area (Å²) in [6.07, 6.45) is 2.36. The Morgan fingerprint density at radius 1 is 1.14 bits per heavy atom.